The van der Waals surface area contributed by atoms with Crippen molar-refractivity contribution < 1.29 is 23.8 Å². The van der Waals surface area contributed by atoms with Crippen LogP contribution in [0, 0.1) is 5.82 Å². The summed E-state index contributed by atoms with van der Waals surface area (Å²) in [5.41, 5.74) is -0.850. The van der Waals surface area contributed by atoms with Gasteiger partial charge in [0.25, 0.3) is 0 Å². The monoisotopic (exact) mass is 382 g/mol. The third kappa shape index (κ3) is 5.70. The Morgan fingerprint density at radius 3 is 2.41 bits per heavy atom. The zero-order valence-corrected chi connectivity index (χ0v) is 16.1. The Labute approximate surface area is 157 Å². The van der Waals surface area contributed by atoms with Crippen LogP contribution in [0.3, 0.4) is 0 Å². The number of pyridine rings is 1. The highest BCUT2D eigenvalue weighted by atomic mass is 19.1. The fraction of sp³-hybridized carbons (Fsp3) is 0.611. The maximum Gasteiger partial charge on any atom is 0.407 e. The van der Waals surface area contributed by atoms with E-state index in [1.165, 1.54) is 7.05 Å². The minimum atomic E-state index is -1.26. The minimum Gasteiger partial charge on any atom is -0.478 e. The quantitative estimate of drug-likeness (QED) is 0.618. The molecule has 1 saturated carbocycles. The summed E-state index contributed by atoms with van der Waals surface area (Å²) in [6, 6.07) is 0.448. The molecule has 0 saturated heterocycles. The first-order chi connectivity index (χ1) is 12.6. The van der Waals surface area contributed by atoms with E-state index in [0.717, 1.165) is 31.7 Å². The Morgan fingerprint density at radius 2 is 1.85 bits per heavy atom. The Kier molecular flexibility index (Phi) is 6.45. The predicted molar refractivity (Wildman–Crippen MR) is 99.7 cm³/mol. The largest absolute Gasteiger partial charge is 0.478 e. The highest BCUT2D eigenvalue weighted by molar-refractivity contribution is 5.93. The van der Waals surface area contributed by atoms with E-state index in [0.29, 0.717) is 0 Å². The van der Waals surface area contributed by atoms with Crippen LogP contribution < -0.4 is 16.0 Å². The molecular weight excluding hydrogens is 355 g/mol. The van der Waals surface area contributed by atoms with E-state index < -0.39 is 23.5 Å². The van der Waals surface area contributed by atoms with Gasteiger partial charge in [-0.3, -0.25) is 0 Å². The second-order valence-electron chi connectivity index (χ2n) is 7.56. The predicted octanol–water partition coefficient (Wildman–Crippen LogP) is 3.21. The maximum atomic E-state index is 14.4. The first-order valence-corrected chi connectivity index (χ1v) is 8.98. The molecular formula is C18H27FN4O4. The smallest absolute Gasteiger partial charge is 0.407 e. The van der Waals surface area contributed by atoms with Crippen LogP contribution >= 0.6 is 0 Å². The molecule has 1 aromatic rings. The number of ether oxygens (including phenoxy) is 1. The lowest BCUT2D eigenvalue weighted by Gasteiger charge is -2.33. The van der Waals surface area contributed by atoms with Gasteiger partial charge in [-0.25, -0.2) is 19.0 Å². The molecule has 9 heteroatoms. The van der Waals surface area contributed by atoms with Gasteiger partial charge >= 0.3 is 12.1 Å². The molecule has 2 rings (SSSR count). The van der Waals surface area contributed by atoms with Crippen molar-refractivity contribution in [3.05, 3.63) is 17.4 Å². The molecule has 2 atom stereocenters. The van der Waals surface area contributed by atoms with Crippen LogP contribution in [-0.2, 0) is 4.74 Å². The second kappa shape index (κ2) is 8.41. The number of rotatable bonds is 5. The summed E-state index contributed by atoms with van der Waals surface area (Å²) in [5, 5.41) is 17.7. The Bertz CT molecular complexity index is 705. The number of amides is 1. The number of alkyl carbamates (subject to hydrolysis) is 1. The lowest BCUT2D eigenvalue weighted by molar-refractivity contribution is 0.0488. The average Bonchev–Trinajstić information content (AvgIpc) is 2.56. The molecule has 27 heavy (non-hydrogen) atoms. The summed E-state index contributed by atoms with van der Waals surface area (Å²) in [6.07, 6.45) is 2.79. The van der Waals surface area contributed by atoms with Crippen molar-refractivity contribution >= 4 is 23.7 Å². The van der Waals surface area contributed by atoms with Gasteiger partial charge in [0, 0.05) is 13.1 Å². The molecule has 1 fully saturated rings. The number of nitrogens with zero attached hydrogens (tertiary/aromatic N) is 1. The zero-order valence-electron chi connectivity index (χ0n) is 16.1. The fourth-order valence-electron chi connectivity index (χ4n) is 3.05. The number of nitrogens with one attached hydrogen (secondary N) is 3. The normalized spacial score (nSPS) is 19.9. The third-order valence-electron chi connectivity index (χ3n) is 4.23. The van der Waals surface area contributed by atoms with E-state index in [2.05, 4.69) is 20.9 Å². The van der Waals surface area contributed by atoms with Crippen molar-refractivity contribution in [2.24, 2.45) is 0 Å². The van der Waals surface area contributed by atoms with Crippen molar-refractivity contribution in [2.45, 2.75) is 64.1 Å². The summed E-state index contributed by atoms with van der Waals surface area (Å²) < 4.78 is 19.7. The van der Waals surface area contributed by atoms with E-state index in [9.17, 15) is 14.0 Å². The zero-order chi connectivity index (χ0) is 20.2. The SMILES string of the molecule is CNc1nc(NC2CCCCC2NC(=O)OC(C)(C)C)c(F)cc1C(=O)O. The lowest BCUT2D eigenvalue weighted by Crippen LogP contribution is -2.50. The van der Waals surface area contributed by atoms with Gasteiger partial charge in [0.2, 0.25) is 0 Å². The third-order valence-corrected chi connectivity index (χ3v) is 4.23. The van der Waals surface area contributed by atoms with E-state index in [4.69, 9.17) is 9.84 Å². The molecule has 0 spiro atoms. The molecule has 1 aromatic heterocycles. The number of hydrogen-bond donors (Lipinski definition) is 4. The number of carbonyl (C=O) groups excluding carboxylic acids is 1. The van der Waals surface area contributed by atoms with Crippen molar-refractivity contribution in [3.63, 3.8) is 0 Å². The number of aromatic nitrogens is 1. The molecule has 150 valence electrons. The summed E-state index contributed by atoms with van der Waals surface area (Å²) in [5.74, 6) is -2.00. The highest BCUT2D eigenvalue weighted by Crippen LogP contribution is 2.26. The Balaban J connectivity index is 2.16. The van der Waals surface area contributed by atoms with E-state index in [-0.39, 0.29) is 29.3 Å². The number of halogens is 1. The van der Waals surface area contributed by atoms with Gasteiger partial charge in [-0.05, 0) is 39.7 Å². The van der Waals surface area contributed by atoms with Crippen molar-refractivity contribution in [1.29, 1.82) is 0 Å². The van der Waals surface area contributed by atoms with Crippen LogP contribution in [-0.4, -0.2) is 46.9 Å². The van der Waals surface area contributed by atoms with E-state index >= 15 is 0 Å². The van der Waals surface area contributed by atoms with Crippen molar-refractivity contribution in [3.8, 4) is 0 Å². The molecule has 0 aromatic carbocycles. The number of aromatic carboxylic acids is 1. The number of carboxylic acids is 1. The van der Waals surface area contributed by atoms with Gasteiger partial charge in [-0.2, -0.15) is 0 Å². The van der Waals surface area contributed by atoms with Gasteiger partial charge in [0.15, 0.2) is 11.6 Å². The molecule has 8 nitrogen and oxygen atoms in total. The molecule has 1 aliphatic rings. The van der Waals surface area contributed by atoms with Crippen molar-refractivity contribution in [2.75, 3.05) is 17.7 Å². The number of hydrogen-bond acceptors (Lipinski definition) is 6. The Hall–Kier alpha value is -2.58. The standard InChI is InChI=1S/C18H27FN4O4/c1-18(2,3)27-17(26)22-13-8-6-5-7-12(13)21-15-11(19)9-10(16(24)25)14(20-4)23-15/h9,12-13H,5-8H2,1-4H3,(H,22,26)(H,24,25)(H2,20,21,23). The summed E-state index contributed by atoms with van der Waals surface area (Å²) in [7, 11) is 1.52. The van der Waals surface area contributed by atoms with Gasteiger partial charge in [-0.1, -0.05) is 12.8 Å². The lowest BCUT2D eigenvalue weighted by atomic mass is 9.90. The maximum absolute atomic E-state index is 14.4. The van der Waals surface area contributed by atoms with E-state index in [1.807, 2.05) is 0 Å². The van der Waals surface area contributed by atoms with Crippen LogP contribution in [0.1, 0.15) is 56.8 Å². The summed E-state index contributed by atoms with van der Waals surface area (Å²) in [4.78, 5) is 27.3. The molecule has 1 heterocycles. The average molecular weight is 382 g/mol. The van der Waals surface area contributed by atoms with Gasteiger partial charge in [0.1, 0.15) is 17.0 Å². The summed E-state index contributed by atoms with van der Waals surface area (Å²) in [6.45, 7) is 5.35. The molecule has 1 amide bonds. The first-order valence-electron chi connectivity index (χ1n) is 8.98. The number of carboxylic acid groups (broad SMARTS) is 1. The first kappa shape index (κ1) is 20.7. The van der Waals surface area contributed by atoms with Gasteiger partial charge in [0.05, 0.1) is 6.04 Å². The molecule has 4 N–H and O–H groups in total. The molecule has 0 bridgehead atoms. The van der Waals surface area contributed by atoms with Crippen LogP contribution in [0.2, 0.25) is 0 Å². The summed E-state index contributed by atoms with van der Waals surface area (Å²) >= 11 is 0. The van der Waals surface area contributed by atoms with E-state index in [1.54, 1.807) is 20.8 Å². The van der Waals surface area contributed by atoms with Crippen LogP contribution in [0.4, 0.5) is 20.8 Å². The molecule has 0 aliphatic heterocycles. The van der Waals surface area contributed by atoms with Crippen LogP contribution in [0.25, 0.3) is 0 Å². The second-order valence-corrected chi connectivity index (χ2v) is 7.56. The fourth-order valence-corrected chi connectivity index (χ4v) is 3.05. The molecule has 2 unspecified atom stereocenters. The van der Waals surface area contributed by atoms with Gasteiger partial charge < -0.3 is 25.8 Å². The van der Waals surface area contributed by atoms with Crippen LogP contribution in [0.5, 0.6) is 0 Å². The van der Waals surface area contributed by atoms with Crippen LogP contribution in [0.15, 0.2) is 6.07 Å². The minimum absolute atomic E-state index is 0.0489. The molecule has 0 radical (unpaired) electrons. The van der Waals surface area contributed by atoms with Gasteiger partial charge in [-0.15, -0.1) is 0 Å². The van der Waals surface area contributed by atoms with Crippen molar-refractivity contribution in [1.82, 2.24) is 10.3 Å². The highest BCUT2D eigenvalue weighted by Gasteiger charge is 2.29. The number of anilines is 2. The molecule has 1 aliphatic carbocycles. The topological polar surface area (TPSA) is 113 Å². The number of carbonyl (C=O) groups is 2. The Morgan fingerprint density at radius 1 is 1.22 bits per heavy atom.